The first-order valence-electron chi connectivity index (χ1n) is 3.38. The molecule has 1 aromatic heterocycles. The number of rotatable bonds is 1. The molecule has 0 unspecified atom stereocenters. The maximum Gasteiger partial charge on any atom is 0.119 e. The van der Waals surface area contributed by atoms with Gasteiger partial charge in [-0.1, -0.05) is 0 Å². The number of hydrogen-bond donors (Lipinski definition) is 1. The Labute approximate surface area is 70.7 Å². The van der Waals surface area contributed by atoms with Crippen LogP contribution >= 0.6 is 12.4 Å². The van der Waals surface area contributed by atoms with Crippen molar-refractivity contribution in [1.82, 2.24) is 14.8 Å². The quantitative estimate of drug-likeness (QED) is 0.672. The Morgan fingerprint density at radius 3 is 2.27 bits per heavy atom. The van der Waals surface area contributed by atoms with Crippen molar-refractivity contribution in [2.45, 2.75) is 25.0 Å². The first kappa shape index (κ1) is 8.49. The van der Waals surface area contributed by atoms with Crippen LogP contribution in [0.4, 0.5) is 0 Å². The van der Waals surface area contributed by atoms with Crippen LogP contribution in [0.5, 0.6) is 0 Å². The van der Waals surface area contributed by atoms with Crippen molar-refractivity contribution in [1.29, 1.82) is 0 Å². The number of aliphatic hydroxyl groups is 1. The lowest BCUT2D eigenvalue weighted by Gasteiger charge is -2.31. The maximum atomic E-state index is 8.96. The van der Waals surface area contributed by atoms with E-state index in [-0.39, 0.29) is 18.5 Å². The normalized spacial score (nSPS) is 28.8. The predicted molar refractivity (Wildman–Crippen MR) is 41.5 cm³/mol. The second-order valence-corrected chi connectivity index (χ2v) is 2.69. The Hall–Kier alpha value is -0.610. The molecule has 0 aromatic carbocycles. The fourth-order valence-corrected chi connectivity index (χ4v) is 1.20. The van der Waals surface area contributed by atoms with Gasteiger partial charge in [-0.15, -0.1) is 22.6 Å². The van der Waals surface area contributed by atoms with Crippen LogP contribution in [-0.4, -0.2) is 26.0 Å². The van der Waals surface area contributed by atoms with E-state index < -0.39 is 0 Å². The number of halogens is 1. The third-order valence-electron chi connectivity index (χ3n) is 1.95. The van der Waals surface area contributed by atoms with Crippen molar-refractivity contribution in [3.8, 4) is 0 Å². The molecule has 1 aromatic rings. The van der Waals surface area contributed by atoms with Crippen molar-refractivity contribution in [3.05, 3.63) is 12.7 Å². The monoisotopic (exact) mass is 175 g/mol. The summed E-state index contributed by atoms with van der Waals surface area (Å²) in [6.45, 7) is 0. The first-order valence-corrected chi connectivity index (χ1v) is 3.38. The second kappa shape index (κ2) is 3.19. The van der Waals surface area contributed by atoms with Crippen LogP contribution < -0.4 is 0 Å². The van der Waals surface area contributed by atoms with Gasteiger partial charge in [0.15, 0.2) is 0 Å². The lowest BCUT2D eigenvalue weighted by Crippen LogP contribution is -2.30. The highest BCUT2D eigenvalue weighted by molar-refractivity contribution is 5.85. The Morgan fingerprint density at radius 1 is 1.27 bits per heavy atom. The Balaban J connectivity index is 0.000000605. The summed E-state index contributed by atoms with van der Waals surface area (Å²) in [6.07, 6.45) is 4.97. The standard InChI is InChI=1S/C6H9N3O.ClH/c10-6-1-5(2-6)9-3-7-8-4-9;/h3-6,10H,1-2H2;1H. The lowest BCUT2D eigenvalue weighted by molar-refractivity contribution is 0.0484. The zero-order chi connectivity index (χ0) is 6.97. The molecule has 1 fully saturated rings. The van der Waals surface area contributed by atoms with Gasteiger partial charge in [0.25, 0.3) is 0 Å². The third kappa shape index (κ3) is 1.52. The Kier molecular flexibility index (Phi) is 2.46. The molecule has 1 N–H and O–H groups in total. The Bertz CT molecular complexity index is 208. The molecule has 0 atom stereocenters. The summed E-state index contributed by atoms with van der Waals surface area (Å²) >= 11 is 0. The molecule has 11 heavy (non-hydrogen) atoms. The van der Waals surface area contributed by atoms with Crippen LogP contribution in [0.1, 0.15) is 18.9 Å². The highest BCUT2D eigenvalue weighted by Crippen LogP contribution is 2.30. The fraction of sp³-hybridized carbons (Fsp3) is 0.667. The minimum absolute atomic E-state index is 0. The van der Waals surface area contributed by atoms with Crippen LogP contribution in [0.3, 0.4) is 0 Å². The average Bonchev–Trinajstić information content (AvgIpc) is 2.31. The molecule has 0 aliphatic heterocycles. The summed E-state index contributed by atoms with van der Waals surface area (Å²) in [7, 11) is 0. The molecule has 0 bridgehead atoms. The van der Waals surface area contributed by atoms with Crippen LogP contribution in [0, 0.1) is 0 Å². The highest BCUT2D eigenvalue weighted by atomic mass is 35.5. The molecule has 1 heterocycles. The third-order valence-corrected chi connectivity index (χ3v) is 1.95. The molecule has 5 heteroatoms. The summed E-state index contributed by atoms with van der Waals surface area (Å²) < 4.78 is 1.94. The highest BCUT2D eigenvalue weighted by Gasteiger charge is 2.28. The molecule has 0 spiro atoms. The molecule has 4 nitrogen and oxygen atoms in total. The SMILES string of the molecule is Cl.OC1CC(n2cnnc2)C1. The van der Waals surface area contributed by atoms with Crippen molar-refractivity contribution < 1.29 is 5.11 Å². The summed E-state index contributed by atoms with van der Waals surface area (Å²) in [5, 5.41) is 16.3. The molecule has 1 aliphatic carbocycles. The minimum atomic E-state index is -0.104. The topological polar surface area (TPSA) is 50.9 Å². The van der Waals surface area contributed by atoms with Crippen molar-refractivity contribution >= 4 is 12.4 Å². The molecular formula is C6H10ClN3O. The minimum Gasteiger partial charge on any atom is -0.393 e. The van der Waals surface area contributed by atoms with Crippen LogP contribution in [0.2, 0.25) is 0 Å². The summed E-state index contributed by atoms with van der Waals surface area (Å²) in [4.78, 5) is 0. The number of nitrogens with zero attached hydrogens (tertiary/aromatic N) is 3. The summed E-state index contributed by atoms with van der Waals surface area (Å²) in [6, 6.07) is 0.435. The van der Waals surface area contributed by atoms with Gasteiger partial charge in [0.1, 0.15) is 12.7 Å². The molecule has 0 radical (unpaired) electrons. The molecule has 0 amide bonds. The largest absolute Gasteiger partial charge is 0.393 e. The smallest absolute Gasteiger partial charge is 0.119 e. The molecule has 1 aliphatic rings. The van der Waals surface area contributed by atoms with Gasteiger partial charge in [-0.3, -0.25) is 0 Å². The van der Waals surface area contributed by atoms with E-state index in [2.05, 4.69) is 10.2 Å². The summed E-state index contributed by atoms with van der Waals surface area (Å²) in [5.74, 6) is 0. The molecule has 62 valence electrons. The zero-order valence-electron chi connectivity index (χ0n) is 5.92. The summed E-state index contributed by atoms with van der Waals surface area (Å²) in [5.41, 5.74) is 0. The molecule has 0 saturated heterocycles. The zero-order valence-corrected chi connectivity index (χ0v) is 6.74. The molecular weight excluding hydrogens is 166 g/mol. The van der Waals surface area contributed by atoms with Crippen molar-refractivity contribution in [2.24, 2.45) is 0 Å². The number of aromatic nitrogens is 3. The van der Waals surface area contributed by atoms with E-state index in [0.29, 0.717) is 6.04 Å². The van der Waals surface area contributed by atoms with Crippen LogP contribution in [0.15, 0.2) is 12.7 Å². The van der Waals surface area contributed by atoms with Gasteiger partial charge >= 0.3 is 0 Å². The average molecular weight is 176 g/mol. The van der Waals surface area contributed by atoms with Crippen molar-refractivity contribution in [2.75, 3.05) is 0 Å². The fourth-order valence-electron chi connectivity index (χ4n) is 1.20. The van der Waals surface area contributed by atoms with E-state index in [0.717, 1.165) is 12.8 Å². The maximum absolute atomic E-state index is 8.96. The second-order valence-electron chi connectivity index (χ2n) is 2.69. The molecule has 1 saturated carbocycles. The Morgan fingerprint density at radius 2 is 1.82 bits per heavy atom. The van der Waals surface area contributed by atoms with E-state index in [1.165, 1.54) is 0 Å². The van der Waals surface area contributed by atoms with Crippen LogP contribution in [-0.2, 0) is 0 Å². The van der Waals surface area contributed by atoms with Crippen molar-refractivity contribution in [3.63, 3.8) is 0 Å². The van der Waals surface area contributed by atoms with E-state index in [1.54, 1.807) is 12.7 Å². The van der Waals surface area contributed by atoms with Gasteiger partial charge in [0.05, 0.1) is 6.10 Å². The van der Waals surface area contributed by atoms with Gasteiger partial charge in [0.2, 0.25) is 0 Å². The first-order chi connectivity index (χ1) is 4.86. The lowest BCUT2D eigenvalue weighted by atomic mass is 9.89. The van der Waals surface area contributed by atoms with E-state index in [4.69, 9.17) is 5.11 Å². The van der Waals surface area contributed by atoms with E-state index >= 15 is 0 Å². The van der Waals surface area contributed by atoms with E-state index in [1.807, 2.05) is 4.57 Å². The van der Waals surface area contributed by atoms with Gasteiger partial charge in [-0.2, -0.15) is 0 Å². The van der Waals surface area contributed by atoms with Gasteiger partial charge < -0.3 is 9.67 Å². The van der Waals surface area contributed by atoms with Gasteiger partial charge in [-0.05, 0) is 12.8 Å². The van der Waals surface area contributed by atoms with Gasteiger partial charge in [-0.25, -0.2) is 0 Å². The van der Waals surface area contributed by atoms with E-state index in [9.17, 15) is 0 Å². The predicted octanol–water partition coefficient (Wildman–Crippen LogP) is 0.396. The van der Waals surface area contributed by atoms with Gasteiger partial charge in [0, 0.05) is 6.04 Å². The van der Waals surface area contributed by atoms with Crippen LogP contribution in [0.25, 0.3) is 0 Å². The number of aliphatic hydroxyl groups excluding tert-OH is 1. The number of hydrogen-bond acceptors (Lipinski definition) is 3. The molecule has 2 rings (SSSR count).